The van der Waals surface area contributed by atoms with Gasteiger partial charge in [0.2, 0.25) is 5.91 Å². The van der Waals surface area contributed by atoms with Crippen LogP contribution in [-0.4, -0.2) is 16.9 Å². The minimum atomic E-state index is 0.112. The molecular formula is C13H17NOS2. The van der Waals surface area contributed by atoms with Gasteiger partial charge in [0.05, 0.1) is 5.70 Å². The Labute approximate surface area is 110 Å². The molecule has 17 heavy (non-hydrogen) atoms. The second-order valence-electron chi connectivity index (χ2n) is 4.21. The number of nitrogens with one attached hydrogen (secondary N) is 1. The van der Waals surface area contributed by atoms with Crippen molar-refractivity contribution in [3.63, 3.8) is 0 Å². The summed E-state index contributed by atoms with van der Waals surface area (Å²) in [6.07, 6.45) is 10.9. The fraction of sp³-hybridized carbons (Fsp3) is 0.538. The number of hydrogen-bond acceptors (Lipinski definition) is 3. The Morgan fingerprint density at radius 2 is 2.47 bits per heavy atom. The third-order valence-electron chi connectivity index (χ3n) is 2.78. The van der Waals surface area contributed by atoms with E-state index in [1.54, 1.807) is 0 Å². The molecule has 2 nitrogen and oxygen atoms in total. The molecule has 1 aliphatic carbocycles. The molecule has 1 unspecified atom stereocenters. The van der Waals surface area contributed by atoms with Gasteiger partial charge in [0.15, 0.2) is 0 Å². The van der Waals surface area contributed by atoms with Crippen LogP contribution in [-0.2, 0) is 4.79 Å². The van der Waals surface area contributed by atoms with Gasteiger partial charge in [0, 0.05) is 17.4 Å². The molecule has 0 spiro atoms. The van der Waals surface area contributed by atoms with Crippen LogP contribution in [0.25, 0.3) is 0 Å². The summed E-state index contributed by atoms with van der Waals surface area (Å²) in [4.78, 5) is 11.6. The van der Waals surface area contributed by atoms with Crippen LogP contribution in [0.3, 0.4) is 0 Å². The molecule has 0 bridgehead atoms. The van der Waals surface area contributed by atoms with Gasteiger partial charge in [0.25, 0.3) is 0 Å². The maximum Gasteiger partial charge on any atom is 0.224 e. The van der Waals surface area contributed by atoms with E-state index in [-0.39, 0.29) is 5.91 Å². The fourth-order valence-corrected chi connectivity index (χ4v) is 4.87. The maximum absolute atomic E-state index is 11.6. The summed E-state index contributed by atoms with van der Waals surface area (Å²) in [6.45, 7) is 0. The molecule has 1 heterocycles. The average molecular weight is 267 g/mol. The van der Waals surface area contributed by atoms with Crippen LogP contribution in [0.4, 0.5) is 0 Å². The monoisotopic (exact) mass is 267 g/mol. The second kappa shape index (κ2) is 7.00. The molecule has 2 rings (SSSR count). The van der Waals surface area contributed by atoms with Crippen molar-refractivity contribution >= 4 is 27.5 Å². The molecule has 1 atom stereocenters. The quantitative estimate of drug-likeness (QED) is 0.454. The summed E-state index contributed by atoms with van der Waals surface area (Å²) in [6, 6.07) is 0. The smallest absolute Gasteiger partial charge is 0.224 e. The SMILES string of the molecule is O=C(CCCCC1CCSS1)NC1=C=CC=C1. The number of hydrogen-bond donors (Lipinski definition) is 1. The van der Waals surface area contributed by atoms with Crippen molar-refractivity contribution in [2.24, 2.45) is 0 Å². The first-order chi connectivity index (χ1) is 8.34. The Kier molecular flexibility index (Phi) is 5.30. The molecule has 1 N–H and O–H groups in total. The molecule has 1 fully saturated rings. The van der Waals surface area contributed by atoms with Crippen LogP contribution in [0, 0.1) is 0 Å². The zero-order valence-corrected chi connectivity index (χ0v) is 11.4. The summed E-state index contributed by atoms with van der Waals surface area (Å²) in [5, 5.41) is 3.67. The lowest BCUT2D eigenvalue weighted by atomic mass is 10.1. The Morgan fingerprint density at radius 1 is 1.53 bits per heavy atom. The maximum atomic E-state index is 11.6. The van der Waals surface area contributed by atoms with Crippen molar-refractivity contribution in [1.29, 1.82) is 0 Å². The number of unbranched alkanes of at least 4 members (excludes halogenated alkanes) is 1. The van der Waals surface area contributed by atoms with E-state index in [1.165, 1.54) is 18.6 Å². The lowest BCUT2D eigenvalue weighted by molar-refractivity contribution is -0.120. The van der Waals surface area contributed by atoms with Gasteiger partial charge >= 0.3 is 0 Å². The Hall–Kier alpha value is -0.570. The molecule has 92 valence electrons. The van der Waals surface area contributed by atoms with E-state index < -0.39 is 0 Å². The van der Waals surface area contributed by atoms with Crippen LogP contribution in [0.15, 0.2) is 29.7 Å². The van der Waals surface area contributed by atoms with E-state index in [1.807, 2.05) is 39.8 Å². The van der Waals surface area contributed by atoms with Crippen molar-refractivity contribution in [2.75, 3.05) is 5.75 Å². The summed E-state index contributed by atoms with van der Waals surface area (Å²) in [5.41, 5.74) is 3.75. The highest BCUT2D eigenvalue weighted by molar-refractivity contribution is 8.77. The average Bonchev–Trinajstić information content (AvgIpc) is 2.96. The van der Waals surface area contributed by atoms with E-state index in [4.69, 9.17) is 0 Å². The molecular weight excluding hydrogens is 250 g/mol. The number of rotatable bonds is 6. The first-order valence-electron chi connectivity index (χ1n) is 6.06. The van der Waals surface area contributed by atoms with Crippen molar-refractivity contribution in [3.05, 3.63) is 29.7 Å². The number of carbonyl (C=O) groups excluding carboxylic acids is 1. The third kappa shape index (κ3) is 4.66. The number of amides is 1. The van der Waals surface area contributed by atoms with Crippen LogP contribution >= 0.6 is 21.6 Å². The van der Waals surface area contributed by atoms with Gasteiger partial charge in [-0.15, -0.1) is 0 Å². The molecule has 2 aliphatic rings. The van der Waals surface area contributed by atoms with Crippen LogP contribution < -0.4 is 5.32 Å². The topological polar surface area (TPSA) is 29.1 Å². The molecule has 4 heteroatoms. The molecule has 1 amide bonds. The van der Waals surface area contributed by atoms with E-state index >= 15 is 0 Å². The highest BCUT2D eigenvalue weighted by Gasteiger charge is 2.15. The predicted molar refractivity (Wildman–Crippen MR) is 75.8 cm³/mol. The molecule has 0 aromatic rings. The van der Waals surface area contributed by atoms with E-state index in [0.717, 1.165) is 23.8 Å². The fourth-order valence-electron chi connectivity index (χ4n) is 1.84. The summed E-state index contributed by atoms with van der Waals surface area (Å²) < 4.78 is 0. The first kappa shape index (κ1) is 12.9. The standard InChI is InChI=1S/C13H17NOS2/c15-13(14-11-5-1-2-6-11)8-4-3-7-12-9-10-16-17-12/h1-2,5,12H,3-4,7-10H2,(H,14,15). The van der Waals surface area contributed by atoms with Gasteiger partial charge in [-0.2, -0.15) is 0 Å². The molecule has 0 aromatic heterocycles. The highest BCUT2D eigenvalue weighted by Crippen LogP contribution is 2.39. The molecule has 1 aliphatic heterocycles. The van der Waals surface area contributed by atoms with Crippen LogP contribution in [0.5, 0.6) is 0 Å². The van der Waals surface area contributed by atoms with Gasteiger partial charge in [-0.3, -0.25) is 4.79 Å². The van der Waals surface area contributed by atoms with E-state index in [9.17, 15) is 4.79 Å². The van der Waals surface area contributed by atoms with Gasteiger partial charge in [0.1, 0.15) is 0 Å². The first-order valence-corrected chi connectivity index (χ1v) is 8.44. The normalized spacial score (nSPS) is 21.9. The zero-order chi connectivity index (χ0) is 11.9. The van der Waals surface area contributed by atoms with E-state index in [2.05, 4.69) is 11.0 Å². The minimum absolute atomic E-state index is 0.112. The van der Waals surface area contributed by atoms with Crippen molar-refractivity contribution in [2.45, 2.75) is 37.4 Å². The number of allylic oxidation sites excluding steroid dienone is 2. The van der Waals surface area contributed by atoms with Crippen LogP contribution in [0.2, 0.25) is 0 Å². The predicted octanol–water partition coefficient (Wildman–Crippen LogP) is 3.43. The van der Waals surface area contributed by atoms with Gasteiger partial charge < -0.3 is 5.32 Å². The van der Waals surface area contributed by atoms with Crippen LogP contribution in [0.1, 0.15) is 32.1 Å². The lowest BCUT2D eigenvalue weighted by Crippen LogP contribution is -2.20. The van der Waals surface area contributed by atoms with E-state index in [0.29, 0.717) is 6.42 Å². The van der Waals surface area contributed by atoms with Crippen molar-refractivity contribution in [1.82, 2.24) is 5.32 Å². The van der Waals surface area contributed by atoms with Crippen molar-refractivity contribution in [3.8, 4) is 0 Å². The Morgan fingerprint density at radius 3 is 3.18 bits per heavy atom. The minimum Gasteiger partial charge on any atom is -0.320 e. The molecule has 0 saturated carbocycles. The zero-order valence-electron chi connectivity index (χ0n) is 9.78. The summed E-state index contributed by atoms with van der Waals surface area (Å²) >= 11 is 0. The van der Waals surface area contributed by atoms with Gasteiger partial charge in [-0.25, -0.2) is 0 Å². The summed E-state index contributed by atoms with van der Waals surface area (Å²) in [7, 11) is 4.00. The second-order valence-corrected chi connectivity index (χ2v) is 6.99. The molecule has 0 radical (unpaired) electrons. The van der Waals surface area contributed by atoms with Gasteiger partial charge in [-0.1, -0.05) is 39.8 Å². The molecule has 0 aromatic carbocycles. The third-order valence-corrected chi connectivity index (χ3v) is 5.79. The molecule has 1 saturated heterocycles. The highest BCUT2D eigenvalue weighted by atomic mass is 33.1. The summed E-state index contributed by atoms with van der Waals surface area (Å²) in [5.74, 6) is 1.41. The van der Waals surface area contributed by atoms with Crippen molar-refractivity contribution < 1.29 is 4.79 Å². The number of carbonyl (C=O) groups is 1. The van der Waals surface area contributed by atoms with Gasteiger partial charge in [-0.05, 0) is 31.4 Å². The Bertz CT molecular complexity index is 364. The largest absolute Gasteiger partial charge is 0.320 e. The Balaban J connectivity index is 1.53. The lowest BCUT2D eigenvalue weighted by Gasteiger charge is -2.06.